The molecule has 1 nitrogen and oxygen atoms in total. The first-order valence-corrected chi connectivity index (χ1v) is 20.9. The molecule has 54 heavy (non-hydrogen) atoms. The van der Waals surface area contributed by atoms with Gasteiger partial charge >= 0.3 is 26.2 Å². The van der Waals surface area contributed by atoms with Crippen LogP contribution in [-0.4, -0.2) is 20.1 Å². The molecule has 0 amide bonds. The first-order valence-electron chi connectivity index (χ1n) is 18.3. The minimum atomic E-state index is -0.635. The summed E-state index contributed by atoms with van der Waals surface area (Å²) in [5, 5.41) is 0. The van der Waals surface area contributed by atoms with E-state index in [1.807, 2.05) is 0 Å². The molecule has 3 unspecified atom stereocenters. The molecule has 3 atom stereocenters. The van der Waals surface area contributed by atoms with E-state index in [4.69, 9.17) is 0 Å². The van der Waals surface area contributed by atoms with Crippen molar-refractivity contribution in [1.82, 2.24) is 0 Å². The van der Waals surface area contributed by atoms with Crippen molar-refractivity contribution < 1.29 is 51.0 Å². The summed E-state index contributed by atoms with van der Waals surface area (Å²) < 4.78 is 0. The molecule has 1 aliphatic heterocycles. The van der Waals surface area contributed by atoms with Crippen LogP contribution in [0.3, 0.4) is 0 Å². The van der Waals surface area contributed by atoms with E-state index in [-0.39, 0.29) is 68.9 Å². The first-order chi connectivity index (χ1) is 24.9. The van der Waals surface area contributed by atoms with Gasteiger partial charge < -0.3 is 29.7 Å². The molecule has 5 heteroatoms. The van der Waals surface area contributed by atoms with E-state index < -0.39 is 8.41 Å². The van der Waals surface area contributed by atoms with Crippen LogP contribution in [0.15, 0.2) is 173 Å². The third kappa shape index (κ3) is 6.52. The summed E-state index contributed by atoms with van der Waals surface area (Å²) in [7, 11) is -0.635. The van der Waals surface area contributed by atoms with E-state index in [1.54, 1.807) is 0 Å². The zero-order chi connectivity index (χ0) is 34.8. The molecule has 5 aromatic carbocycles. The minimum Gasteiger partial charge on any atom is -1.00 e. The Morgan fingerprint density at radius 2 is 1.02 bits per heavy atom. The number of fused-ring (bicyclic) bond motifs is 3. The summed E-state index contributed by atoms with van der Waals surface area (Å²) in [5.41, 5.74) is 24.7. The molecule has 0 saturated heterocycles. The Labute approximate surface area is 354 Å². The van der Waals surface area contributed by atoms with Gasteiger partial charge in [0.1, 0.15) is 0 Å². The molecule has 1 heterocycles. The Morgan fingerprint density at radius 3 is 1.50 bits per heavy atom. The molecule has 0 aromatic heterocycles. The monoisotopic (exact) mass is 833 g/mol. The van der Waals surface area contributed by atoms with E-state index in [0.29, 0.717) is 0 Å². The molecule has 5 aromatic rings. The Bertz CT molecular complexity index is 2420. The number of para-hydroxylation sites is 1. The molecule has 9 rings (SSSR count). The number of rotatable bonds is 6. The predicted octanol–water partition coefficient (Wildman–Crippen LogP) is 6.27. The molecule has 0 spiro atoms. The Hall–Kier alpha value is -3.85. The molecule has 266 valence electrons. The third-order valence-electron chi connectivity index (χ3n) is 11.3. The maximum Gasteiger partial charge on any atom is 2.00 e. The van der Waals surface area contributed by atoms with Gasteiger partial charge in [0.25, 0.3) is 0 Å². The standard InChI is InChI=1S/C49H43NSi.2ClH.Zr/c1-31-27-42-38(34-17-9-6-10-18-34)23-15-25-40(42)45(31)47-33(3)48(49-44(47)29-37(30-51(4)5)50(49)36-21-13-8-14-22-36)46-32(2)28-43-39(24-16-26-41(43)46)35-19-11-7-12-20-35;;;/h6-30,37,45-46H,1-5H3;2*1H;/q;;;+2/p-2. The van der Waals surface area contributed by atoms with Crippen molar-refractivity contribution in [2.75, 3.05) is 4.90 Å². The number of anilines is 1. The molecule has 4 aliphatic rings. The number of benzene rings is 5. The Kier molecular flexibility index (Phi) is 11.9. The van der Waals surface area contributed by atoms with Crippen LogP contribution < -0.4 is 29.7 Å². The normalized spacial score (nSPS) is 19.1. The van der Waals surface area contributed by atoms with E-state index >= 15 is 0 Å². The number of nitrogens with zero attached hydrogens (tertiary/aromatic N) is 1. The van der Waals surface area contributed by atoms with Gasteiger partial charge in [-0.15, -0.1) is 0 Å². The minimum absolute atomic E-state index is 0. The van der Waals surface area contributed by atoms with E-state index in [0.717, 1.165) is 0 Å². The van der Waals surface area contributed by atoms with Crippen LogP contribution >= 0.6 is 0 Å². The number of halogens is 2. The second kappa shape index (κ2) is 16.1. The molecule has 0 bridgehead atoms. The summed E-state index contributed by atoms with van der Waals surface area (Å²) in [6.45, 7) is 12.0. The average molecular weight is 836 g/mol. The average Bonchev–Trinajstić information content (AvgIpc) is 3.85. The quantitative estimate of drug-likeness (QED) is 0.183. The van der Waals surface area contributed by atoms with Gasteiger partial charge in [-0.3, -0.25) is 0 Å². The second-order valence-corrected chi connectivity index (χ2v) is 17.3. The molecule has 0 saturated carbocycles. The fourth-order valence-electron chi connectivity index (χ4n) is 9.31. The molecule has 0 radical (unpaired) electrons. The molecule has 0 N–H and O–H groups in total. The predicted molar refractivity (Wildman–Crippen MR) is 221 cm³/mol. The zero-order valence-electron chi connectivity index (χ0n) is 31.4. The molecular weight excluding hydrogens is 793 g/mol. The zero-order valence-corrected chi connectivity index (χ0v) is 36.3. The molecular formula is C49H43Cl2NSiZr. The van der Waals surface area contributed by atoms with Crippen molar-refractivity contribution in [1.29, 1.82) is 0 Å². The van der Waals surface area contributed by atoms with Gasteiger partial charge in [-0.1, -0.05) is 157 Å². The van der Waals surface area contributed by atoms with Crippen molar-refractivity contribution in [3.63, 3.8) is 0 Å². The van der Waals surface area contributed by atoms with Crippen LogP contribution in [0.2, 0.25) is 13.1 Å². The third-order valence-corrected chi connectivity index (χ3v) is 12.3. The number of hydrogen-bond donors (Lipinski definition) is 0. The largest absolute Gasteiger partial charge is 2.00 e. The fourth-order valence-corrected chi connectivity index (χ4v) is 10.2. The number of hydrogen-bond acceptors (Lipinski definition) is 1. The van der Waals surface area contributed by atoms with Gasteiger partial charge in [-0.05, 0) is 100 Å². The second-order valence-electron chi connectivity index (χ2n) is 14.8. The summed E-state index contributed by atoms with van der Waals surface area (Å²) in [5.74, 6) is 0.381. The van der Waals surface area contributed by atoms with Gasteiger partial charge in [0.2, 0.25) is 0 Å². The van der Waals surface area contributed by atoms with Gasteiger partial charge in [0, 0.05) is 31.5 Å². The maximum absolute atomic E-state index is 2.67. The van der Waals surface area contributed by atoms with Crippen LogP contribution in [-0.2, 0) is 26.2 Å². The van der Waals surface area contributed by atoms with Crippen molar-refractivity contribution in [2.45, 2.75) is 51.7 Å². The van der Waals surface area contributed by atoms with E-state index in [2.05, 4.69) is 190 Å². The molecule has 3 aliphatic carbocycles. The Morgan fingerprint density at radius 1 is 0.556 bits per heavy atom. The van der Waals surface area contributed by atoms with Crippen LogP contribution in [0.1, 0.15) is 54.9 Å². The summed E-state index contributed by atoms with van der Waals surface area (Å²) in [6.07, 6.45) is 7.54. The van der Waals surface area contributed by atoms with Crippen LogP contribution in [0.4, 0.5) is 5.69 Å². The van der Waals surface area contributed by atoms with Gasteiger partial charge in [-0.2, -0.15) is 0 Å². The van der Waals surface area contributed by atoms with Crippen molar-refractivity contribution in [3.8, 4) is 22.3 Å². The fraction of sp³-hybridized carbons (Fsp3) is 0.163. The van der Waals surface area contributed by atoms with Crippen LogP contribution in [0.25, 0.3) is 34.4 Å². The topological polar surface area (TPSA) is 3.24 Å². The van der Waals surface area contributed by atoms with E-state index in [1.165, 1.54) is 89.3 Å². The van der Waals surface area contributed by atoms with E-state index in [9.17, 15) is 0 Å². The summed E-state index contributed by atoms with van der Waals surface area (Å²) in [6, 6.07) is 47.0. The SMILES string of the molecule is CC1=Cc2c(-c3ccccc3)cccc2C1C1=C(C)C(C2C(C)=Cc3c(-c4ccccc4)cccc32)=C2C1=CC(C=[Si](C)C)N2c1ccccc1.[Cl-].[Cl-].[Zr+2]. The smallest absolute Gasteiger partial charge is 1.00 e. The van der Waals surface area contributed by atoms with Gasteiger partial charge in [0.05, 0.1) is 11.7 Å². The van der Waals surface area contributed by atoms with Gasteiger partial charge in [0.15, 0.2) is 0 Å². The van der Waals surface area contributed by atoms with Crippen molar-refractivity contribution in [3.05, 3.63) is 195 Å². The summed E-state index contributed by atoms with van der Waals surface area (Å²) >= 11 is 0. The van der Waals surface area contributed by atoms with Crippen molar-refractivity contribution >= 4 is 31.9 Å². The van der Waals surface area contributed by atoms with Crippen molar-refractivity contribution in [2.24, 2.45) is 0 Å². The van der Waals surface area contributed by atoms with Gasteiger partial charge in [-0.25, -0.2) is 0 Å². The molecule has 0 fully saturated rings. The van der Waals surface area contributed by atoms with Crippen LogP contribution in [0, 0.1) is 0 Å². The number of allylic oxidation sites excluding steroid dienone is 5. The first kappa shape index (κ1) is 39.8. The Balaban J connectivity index is 0.00000166. The summed E-state index contributed by atoms with van der Waals surface area (Å²) in [4.78, 5) is 2.67. The van der Waals surface area contributed by atoms with Crippen LogP contribution in [0.5, 0.6) is 0 Å². The maximum atomic E-state index is 2.67.